The zero-order chi connectivity index (χ0) is 12.4. The van der Waals surface area contributed by atoms with Gasteiger partial charge < -0.3 is 10.2 Å². The third kappa shape index (κ3) is 2.19. The third-order valence-electron chi connectivity index (χ3n) is 3.40. The van der Waals surface area contributed by atoms with Gasteiger partial charge in [-0.15, -0.1) is 0 Å². The molecule has 1 N–H and O–H groups in total. The zero-order valence-corrected chi connectivity index (χ0v) is 10.7. The number of hydrogen-bond acceptors (Lipinski definition) is 2. The zero-order valence-electron chi connectivity index (χ0n) is 10.7. The van der Waals surface area contributed by atoms with Crippen LogP contribution in [0.25, 0.3) is 0 Å². The van der Waals surface area contributed by atoms with Crippen LogP contribution < -0.4 is 10.2 Å². The van der Waals surface area contributed by atoms with Gasteiger partial charge in [0.2, 0.25) is 0 Å². The Hall–Kier alpha value is -1.96. The lowest BCUT2D eigenvalue weighted by Crippen LogP contribution is -2.33. The van der Waals surface area contributed by atoms with E-state index in [1.807, 2.05) is 0 Å². The molecule has 1 heterocycles. The Bertz CT molecular complexity index is 548. The smallest absolute Gasteiger partial charge is 0.0605 e. The minimum absolute atomic E-state index is 0.986. The first-order valence-electron chi connectivity index (χ1n) is 6.46. The molecular formula is C16H18N2. The SMILES string of the molecule is Cc1cccc(CN2CCNc3ccccc32)c1. The average Bonchev–Trinajstić information content (AvgIpc) is 2.39. The van der Waals surface area contributed by atoms with Crippen LogP contribution in [-0.4, -0.2) is 13.1 Å². The second-order valence-electron chi connectivity index (χ2n) is 4.85. The van der Waals surface area contributed by atoms with Crippen LogP contribution in [0.4, 0.5) is 11.4 Å². The van der Waals surface area contributed by atoms with Crippen molar-refractivity contribution in [2.75, 3.05) is 23.3 Å². The fourth-order valence-corrected chi connectivity index (χ4v) is 2.54. The largest absolute Gasteiger partial charge is 0.382 e. The van der Waals surface area contributed by atoms with E-state index in [2.05, 4.69) is 65.7 Å². The molecule has 18 heavy (non-hydrogen) atoms. The maximum atomic E-state index is 3.45. The summed E-state index contributed by atoms with van der Waals surface area (Å²) in [7, 11) is 0. The molecule has 2 aromatic rings. The van der Waals surface area contributed by atoms with Crippen molar-refractivity contribution in [2.24, 2.45) is 0 Å². The lowest BCUT2D eigenvalue weighted by Gasteiger charge is -2.32. The van der Waals surface area contributed by atoms with Gasteiger partial charge in [-0.1, -0.05) is 42.0 Å². The first-order valence-corrected chi connectivity index (χ1v) is 6.46. The molecule has 3 rings (SSSR count). The van der Waals surface area contributed by atoms with Crippen LogP contribution in [0.1, 0.15) is 11.1 Å². The number of rotatable bonds is 2. The maximum absolute atomic E-state index is 3.45. The topological polar surface area (TPSA) is 15.3 Å². The molecular weight excluding hydrogens is 220 g/mol. The van der Waals surface area contributed by atoms with Crippen LogP contribution in [0.15, 0.2) is 48.5 Å². The number of anilines is 2. The number of benzene rings is 2. The van der Waals surface area contributed by atoms with Gasteiger partial charge in [-0.3, -0.25) is 0 Å². The summed E-state index contributed by atoms with van der Waals surface area (Å²) < 4.78 is 0. The fourth-order valence-electron chi connectivity index (χ4n) is 2.54. The minimum Gasteiger partial charge on any atom is -0.382 e. The summed E-state index contributed by atoms with van der Waals surface area (Å²) in [5.41, 5.74) is 5.27. The van der Waals surface area contributed by atoms with E-state index in [-0.39, 0.29) is 0 Å². The summed E-state index contributed by atoms with van der Waals surface area (Å²) in [5.74, 6) is 0. The molecule has 2 nitrogen and oxygen atoms in total. The Balaban J connectivity index is 1.86. The third-order valence-corrected chi connectivity index (χ3v) is 3.40. The molecule has 0 atom stereocenters. The number of para-hydroxylation sites is 2. The van der Waals surface area contributed by atoms with Gasteiger partial charge in [-0.25, -0.2) is 0 Å². The van der Waals surface area contributed by atoms with Crippen molar-refractivity contribution in [1.29, 1.82) is 0 Å². The van der Waals surface area contributed by atoms with Crippen molar-refractivity contribution in [3.05, 3.63) is 59.7 Å². The van der Waals surface area contributed by atoms with Crippen molar-refractivity contribution in [1.82, 2.24) is 0 Å². The highest BCUT2D eigenvalue weighted by Crippen LogP contribution is 2.29. The van der Waals surface area contributed by atoms with E-state index in [1.54, 1.807) is 0 Å². The first-order chi connectivity index (χ1) is 8.83. The van der Waals surface area contributed by atoms with Crippen LogP contribution >= 0.6 is 0 Å². The second-order valence-corrected chi connectivity index (χ2v) is 4.85. The maximum Gasteiger partial charge on any atom is 0.0605 e. The summed E-state index contributed by atoms with van der Waals surface area (Å²) in [6, 6.07) is 17.3. The van der Waals surface area contributed by atoms with Crippen molar-refractivity contribution < 1.29 is 0 Å². The molecule has 0 spiro atoms. The van der Waals surface area contributed by atoms with Gasteiger partial charge in [-0.2, -0.15) is 0 Å². The summed E-state index contributed by atoms with van der Waals surface area (Å²) in [6.45, 7) is 5.21. The summed E-state index contributed by atoms with van der Waals surface area (Å²) in [6.07, 6.45) is 0. The number of fused-ring (bicyclic) bond motifs is 1. The van der Waals surface area contributed by atoms with Crippen LogP contribution in [0.5, 0.6) is 0 Å². The normalized spacial score (nSPS) is 13.9. The Morgan fingerprint density at radius 1 is 1.11 bits per heavy atom. The van der Waals surface area contributed by atoms with E-state index in [0.29, 0.717) is 0 Å². The second kappa shape index (κ2) is 4.73. The van der Waals surface area contributed by atoms with Crippen molar-refractivity contribution >= 4 is 11.4 Å². The molecule has 0 aromatic heterocycles. The first kappa shape index (κ1) is 11.1. The highest BCUT2D eigenvalue weighted by molar-refractivity contribution is 5.71. The molecule has 1 aliphatic heterocycles. The van der Waals surface area contributed by atoms with Crippen LogP contribution in [0.3, 0.4) is 0 Å². The van der Waals surface area contributed by atoms with E-state index in [0.717, 1.165) is 19.6 Å². The Morgan fingerprint density at radius 2 is 2.00 bits per heavy atom. The Morgan fingerprint density at radius 3 is 2.89 bits per heavy atom. The fraction of sp³-hybridized carbons (Fsp3) is 0.250. The molecule has 1 aliphatic rings. The molecule has 0 aliphatic carbocycles. The van der Waals surface area contributed by atoms with Crippen LogP contribution in [0, 0.1) is 6.92 Å². The van der Waals surface area contributed by atoms with E-state index in [4.69, 9.17) is 0 Å². The standard InChI is InChI=1S/C16H18N2/c1-13-5-4-6-14(11-13)12-18-10-9-17-15-7-2-3-8-16(15)18/h2-8,11,17H,9-10,12H2,1H3. The molecule has 0 amide bonds. The average molecular weight is 238 g/mol. The van der Waals surface area contributed by atoms with E-state index < -0.39 is 0 Å². The number of nitrogens with zero attached hydrogens (tertiary/aromatic N) is 1. The molecule has 0 saturated heterocycles. The van der Waals surface area contributed by atoms with Crippen molar-refractivity contribution in [3.63, 3.8) is 0 Å². The van der Waals surface area contributed by atoms with Crippen molar-refractivity contribution in [3.8, 4) is 0 Å². The molecule has 0 fully saturated rings. The molecule has 0 unspecified atom stereocenters. The van der Waals surface area contributed by atoms with Gasteiger partial charge >= 0.3 is 0 Å². The molecule has 0 radical (unpaired) electrons. The monoisotopic (exact) mass is 238 g/mol. The predicted molar refractivity (Wildman–Crippen MR) is 77.2 cm³/mol. The predicted octanol–water partition coefficient (Wildman–Crippen LogP) is 3.43. The molecule has 2 aromatic carbocycles. The van der Waals surface area contributed by atoms with Gasteiger partial charge in [-0.05, 0) is 24.6 Å². The summed E-state index contributed by atoms with van der Waals surface area (Å²) in [4.78, 5) is 2.45. The van der Waals surface area contributed by atoms with Gasteiger partial charge in [0.15, 0.2) is 0 Å². The molecule has 0 bridgehead atoms. The van der Waals surface area contributed by atoms with Gasteiger partial charge in [0.05, 0.1) is 11.4 Å². The summed E-state index contributed by atoms with van der Waals surface area (Å²) >= 11 is 0. The highest BCUT2D eigenvalue weighted by Gasteiger charge is 2.15. The minimum atomic E-state index is 0.986. The van der Waals surface area contributed by atoms with E-state index >= 15 is 0 Å². The number of aryl methyl sites for hydroxylation is 1. The van der Waals surface area contributed by atoms with E-state index in [9.17, 15) is 0 Å². The Kier molecular flexibility index (Phi) is 2.93. The van der Waals surface area contributed by atoms with Gasteiger partial charge in [0.25, 0.3) is 0 Å². The van der Waals surface area contributed by atoms with Crippen LogP contribution in [-0.2, 0) is 6.54 Å². The lowest BCUT2D eigenvalue weighted by molar-refractivity contribution is 0.787. The van der Waals surface area contributed by atoms with Gasteiger partial charge in [0.1, 0.15) is 0 Å². The Labute approximate surface area is 108 Å². The molecule has 2 heteroatoms. The van der Waals surface area contributed by atoms with Crippen LogP contribution in [0.2, 0.25) is 0 Å². The molecule has 0 saturated carbocycles. The van der Waals surface area contributed by atoms with Gasteiger partial charge in [0, 0.05) is 19.6 Å². The number of nitrogens with one attached hydrogen (secondary N) is 1. The summed E-state index contributed by atoms with van der Waals surface area (Å²) in [5, 5.41) is 3.45. The highest BCUT2D eigenvalue weighted by atomic mass is 15.2. The quantitative estimate of drug-likeness (QED) is 0.862. The number of hydrogen-bond donors (Lipinski definition) is 1. The molecule has 92 valence electrons. The lowest BCUT2D eigenvalue weighted by atomic mass is 10.1. The van der Waals surface area contributed by atoms with E-state index in [1.165, 1.54) is 22.5 Å². The van der Waals surface area contributed by atoms with Crippen molar-refractivity contribution in [2.45, 2.75) is 13.5 Å².